The van der Waals surface area contributed by atoms with Crippen molar-refractivity contribution in [1.29, 1.82) is 0 Å². The van der Waals surface area contributed by atoms with Gasteiger partial charge in [-0.3, -0.25) is 4.40 Å². The van der Waals surface area contributed by atoms with Gasteiger partial charge in [0, 0.05) is 6.20 Å². The number of hydrogen-bond acceptors (Lipinski definition) is 7. The first-order valence-electron chi connectivity index (χ1n) is 7.57. The zero-order chi connectivity index (χ0) is 19.4. The molecule has 13 heteroatoms. The van der Waals surface area contributed by atoms with Gasteiger partial charge >= 0.3 is 6.18 Å². The molecule has 0 aromatic carbocycles. The third kappa shape index (κ3) is 3.31. The molecular weight excluding hydrogens is 407 g/mol. The number of alkyl halides is 3. The van der Waals surface area contributed by atoms with E-state index in [1.165, 1.54) is 28.9 Å². The lowest BCUT2D eigenvalue weighted by atomic mass is 10.0. The number of sulfonamides is 1. The second-order valence-corrected chi connectivity index (χ2v) is 8.97. The number of hydrogen-bond donors (Lipinski definition) is 1. The zero-order valence-corrected chi connectivity index (χ0v) is 15.3. The van der Waals surface area contributed by atoms with Gasteiger partial charge in [-0.05, 0) is 19.1 Å². The molecule has 0 bridgehead atoms. The Balaban J connectivity index is 1.74. The second-order valence-electron chi connectivity index (χ2n) is 6.31. The van der Waals surface area contributed by atoms with Gasteiger partial charge < -0.3 is 4.74 Å². The van der Waals surface area contributed by atoms with Gasteiger partial charge in [0.2, 0.25) is 15.0 Å². The minimum Gasteiger partial charge on any atom is -0.377 e. The number of pyridine rings is 1. The molecule has 0 spiro atoms. The summed E-state index contributed by atoms with van der Waals surface area (Å²) in [5.74, 6) is 0.0771. The first-order chi connectivity index (χ1) is 12.6. The SMILES string of the molecule is CC1(NS(=O)(=O)c2ccc3cnc(-c4nnc(C(F)(F)F)s4)n3c2)COC1. The first kappa shape index (κ1) is 18.3. The smallest absolute Gasteiger partial charge is 0.377 e. The van der Waals surface area contributed by atoms with Crippen LogP contribution in [0.1, 0.15) is 11.9 Å². The summed E-state index contributed by atoms with van der Waals surface area (Å²) in [6, 6.07) is 2.91. The second kappa shape index (κ2) is 5.95. The molecule has 3 aromatic heterocycles. The van der Waals surface area contributed by atoms with Gasteiger partial charge in [0.25, 0.3) is 0 Å². The topological polar surface area (TPSA) is 98.5 Å². The summed E-state index contributed by atoms with van der Waals surface area (Å²) in [5.41, 5.74) is -0.183. The summed E-state index contributed by atoms with van der Waals surface area (Å²) < 4.78 is 72.5. The van der Waals surface area contributed by atoms with Crippen LogP contribution in [0.15, 0.2) is 29.4 Å². The Morgan fingerprint density at radius 1 is 1.30 bits per heavy atom. The van der Waals surface area contributed by atoms with Crippen molar-refractivity contribution in [3.8, 4) is 10.8 Å². The number of fused-ring (bicyclic) bond motifs is 1. The fourth-order valence-electron chi connectivity index (χ4n) is 2.57. The third-order valence-corrected chi connectivity index (χ3v) is 6.48. The van der Waals surface area contributed by atoms with Crippen LogP contribution in [0.4, 0.5) is 13.2 Å². The van der Waals surface area contributed by atoms with E-state index in [1.54, 1.807) is 6.92 Å². The Morgan fingerprint density at radius 3 is 2.63 bits per heavy atom. The molecule has 0 atom stereocenters. The van der Waals surface area contributed by atoms with Gasteiger partial charge in [-0.1, -0.05) is 11.3 Å². The minimum absolute atomic E-state index is 0.0528. The monoisotopic (exact) mass is 419 g/mol. The van der Waals surface area contributed by atoms with E-state index in [1.807, 2.05) is 0 Å². The van der Waals surface area contributed by atoms with Crippen molar-refractivity contribution < 1.29 is 26.3 Å². The van der Waals surface area contributed by atoms with Gasteiger partial charge in [0.1, 0.15) is 0 Å². The summed E-state index contributed by atoms with van der Waals surface area (Å²) >= 11 is 0.336. The zero-order valence-electron chi connectivity index (χ0n) is 13.7. The Morgan fingerprint density at radius 2 is 2.04 bits per heavy atom. The van der Waals surface area contributed by atoms with Crippen LogP contribution < -0.4 is 4.72 Å². The van der Waals surface area contributed by atoms with Gasteiger partial charge in [-0.2, -0.15) is 13.2 Å². The molecule has 1 aliphatic rings. The van der Waals surface area contributed by atoms with Gasteiger partial charge in [-0.15, -0.1) is 10.2 Å². The number of aromatic nitrogens is 4. The van der Waals surface area contributed by atoms with Crippen LogP contribution in [0.25, 0.3) is 16.3 Å². The Hall–Kier alpha value is -2.09. The third-order valence-electron chi connectivity index (χ3n) is 3.89. The summed E-state index contributed by atoms with van der Waals surface area (Å²) in [6.45, 7) is 2.24. The summed E-state index contributed by atoms with van der Waals surface area (Å²) in [5, 5.41) is 5.50. The van der Waals surface area contributed by atoms with Crippen molar-refractivity contribution in [1.82, 2.24) is 24.3 Å². The average Bonchev–Trinajstić information content (AvgIpc) is 3.18. The Labute approximate surface area is 155 Å². The molecule has 1 saturated heterocycles. The molecular formula is C14H12F3N5O3S2. The molecule has 4 rings (SSSR count). The van der Waals surface area contributed by atoms with E-state index in [0.29, 0.717) is 16.9 Å². The summed E-state index contributed by atoms with van der Waals surface area (Å²) in [4.78, 5) is 4.00. The molecule has 0 unspecified atom stereocenters. The van der Waals surface area contributed by atoms with Crippen molar-refractivity contribution in [3.63, 3.8) is 0 Å². The molecule has 27 heavy (non-hydrogen) atoms. The highest BCUT2D eigenvalue weighted by atomic mass is 32.2. The van der Waals surface area contributed by atoms with E-state index in [-0.39, 0.29) is 28.9 Å². The van der Waals surface area contributed by atoms with Crippen LogP contribution in [0.2, 0.25) is 0 Å². The number of ether oxygens (including phenoxy) is 1. The standard InChI is InChI=1S/C14H12F3N5O3S2/c1-13(6-25-7-13)21-27(23,24)9-3-2-8-4-18-10(22(8)5-9)11-19-20-12(26-11)14(15,16)17/h2-5,21H,6-7H2,1H3. The van der Waals surface area contributed by atoms with Crippen LogP contribution in [0.5, 0.6) is 0 Å². The van der Waals surface area contributed by atoms with Crippen molar-refractivity contribution in [2.75, 3.05) is 13.2 Å². The normalized spacial score (nSPS) is 17.2. The quantitative estimate of drug-likeness (QED) is 0.694. The fourth-order valence-corrected chi connectivity index (χ4v) is 4.65. The molecule has 1 fully saturated rings. The Bertz CT molecular complexity index is 1120. The van der Waals surface area contributed by atoms with Gasteiger partial charge in [0.05, 0.1) is 35.4 Å². The van der Waals surface area contributed by atoms with Crippen LogP contribution in [0, 0.1) is 0 Å². The molecule has 0 saturated carbocycles. The minimum atomic E-state index is -4.61. The lowest BCUT2D eigenvalue weighted by Gasteiger charge is -2.38. The first-order valence-corrected chi connectivity index (χ1v) is 9.87. The van der Waals surface area contributed by atoms with Crippen LogP contribution in [-0.4, -0.2) is 46.8 Å². The molecule has 0 amide bonds. The number of nitrogens with zero attached hydrogens (tertiary/aromatic N) is 4. The lowest BCUT2D eigenvalue weighted by Crippen LogP contribution is -2.59. The van der Waals surface area contributed by atoms with Crippen molar-refractivity contribution in [3.05, 3.63) is 29.5 Å². The van der Waals surface area contributed by atoms with E-state index in [2.05, 4.69) is 19.9 Å². The molecule has 3 aromatic rings. The van der Waals surface area contributed by atoms with Gasteiger partial charge in [0.15, 0.2) is 10.8 Å². The maximum Gasteiger partial charge on any atom is 0.445 e. The number of halogens is 3. The highest BCUT2D eigenvalue weighted by molar-refractivity contribution is 7.89. The predicted octanol–water partition coefficient (Wildman–Crippen LogP) is 1.94. The van der Waals surface area contributed by atoms with E-state index in [4.69, 9.17) is 4.74 Å². The van der Waals surface area contributed by atoms with E-state index >= 15 is 0 Å². The molecule has 4 heterocycles. The maximum absolute atomic E-state index is 12.8. The predicted molar refractivity (Wildman–Crippen MR) is 88.6 cm³/mol. The highest BCUT2D eigenvalue weighted by Gasteiger charge is 2.38. The van der Waals surface area contributed by atoms with Crippen molar-refractivity contribution >= 4 is 26.9 Å². The van der Waals surface area contributed by atoms with Crippen molar-refractivity contribution in [2.24, 2.45) is 0 Å². The van der Waals surface area contributed by atoms with Crippen LogP contribution >= 0.6 is 11.3 Å². The maximum atomic E-state index is 12.8. The van der Waals surface area contributed by atoms with E-state index in [9.17, 15) is 21.6 Å². The number of rotatable bonds is 4. The van der Waals surface area contributed by atoms with Crippen LogP contribution in [0.3, 0.4) is 0 Å². The van der Waals surface area contributed by atoms with Crippen LogP contribution in [-0.2, 0) is 20.9 Å². The summed E-state index contributed by atoms with van der Waals surface area (Å²) in [7, 11) is -3.86. The average molecular weight is 419 g/mol. The largest absolute Gasteiger partial charge is 0.445 e. The van der Waals surface area contributed by atoms with Crippen molar-refractivity contribution in [2.45, 2.75) is 23.5 Å². The molecule has 1 N–H and O–H groups in total. The van der Waals surface area contributed by atoms with Gasteiger partial charge in [-0.25, -0.2) is 18.1 Å². The fraction of sp³-hybridized carbons (Fsp3) is 0.357. The lowest BCUT2D eigenvalue weighted by molar-refractivity contribution is -0.138. The molecule has 1 aliphatic heterocycles. The summed E-state index contributed by atoms with van der Waals surface area (Å²) in [6.07, 6.45) is -1.91. The highest BCUT2D eigenvalue weighted by Crippen LogP contribution is 2.34. The molecule has 8 nitrogen and oxygen atoms in total. The Kier molecular flexibility index (Phi) is 4.03. The number of imidazole rings is 1. The van der Waals surface area contributed by atoms with E-state index < -0.39 is 26.7 Å². The number of nitrogens with one attached hydrogen (secondary N) is 1. The van der Waals surface area contributed by atoms with E-state index in [0.717, 1.165) is 0 Å². The molecule has 144 valence electrons. The molecule has 0 aliphatic carbocycles. The molecule has 0 radical (unpaired) electrons.